The summed E-state index contributed by atoms with van der Waals surface area (Å²) in [4.78, 5) is 37.6. The highest BCUT2D eigenvalue weighted by atomic mass is 35.5. The lowest BCUT2D eigenvalue weighted by molar-refractivity contribution is -0.137. The van der Waals surface area contributed by atoms with Crippen LogP contribution in [-0.2, 0) is 26.7 Å². The number of allylic oxidation sites excluding steroid dienone is 1. The molecule has 2 aromatic carbocycles. The van der Waals surface area contributed by atoms with E-state index < -0.39 is 44.4 Å². The van der Waals surface area contributed by atoms with Crippen LogP contribution in [0.15, 0.2) is 48.3 Å². The number of halogens is 2. The Kier molecular flexibility index (Phi) is 10.8. The van der Waals surface area contributed by atoms with Crippen molar-refractivity contribution in [3.05, 3.63) is 81.4 Å². The van der Waals surface area contributed by atoms with Crippen LogP contribution in [0.4, 0.5) is 10.1 Å². The van der Waals surface area contributed by atoms with Gasteiger partial charge in [0.05, 0.1) is 17.5 Å². The Hall–Kier alpha value is -3.66. The highest BCUT2D eigenvalue weighted by Gasteiger charge is 2.45. The van der Waals surface area contributed by atoms with E-state index in [-0.39, 0.29) is 29.9 Å². The van der Waals surface area contributed by atoms with Gasteiger partial charge in [0.15, 0.2) is 0 Å². The number of hydrogen-bond acceptors (Lipinski definition) is 7. The second-order valence-corrected chi connectivity index (χ2v) is 18.3. The first-order valence-electron chi connectivity index (χ1n) is 19.0. The van der Waals surface area contributed by atoms with Gasteiger partial charge in [-0.2, -0.15) is 0 Å². The average Bonchev–Trinajstić information content (AvgIpc) is 3.53. The highest BCUT2D eigenvalue weighted by Crippen LogP contribution is 2.45. The summed E-state index contributed by atoms with van der Waals surface area (Å²) in [5, 5.41) is -0.333. The number of hydrogen-bond donors (Lipinski definition) is 1. The van der Waals surface area contributed by atoms with E-state index in [0.717, 1.165) is 32.1 Å². The molecular formula is C40H49ClFN5O5S. The maximum atomic E-state index is 16.8. The molecule has 4 aliphatic heterocycles. The molecule has 7 rings (SSSR count). The summed E-state index contributed by atoms with van der Waals surface area (Å²) in [6, 6.07) is 9.75. The van der Waals surface area contributed by atoms with Crippen LogP contribution in [0.3, 0.4) is 0 Å². The van der Waals surface area contributed by atoms with Gasteiger partial charge in [-0.05, 0) is 112 Å². The standard InChI is InChI=1S/C40H49ClFN5O5S/c1-26-8-12-34(42)37(39(49)45-18-14-28(15-19-45)22-43-3)47-17-5-7-32(47)23-46-24-40(16-4-6-29-20-31(41)10-11-33(29)40)25-52-36-13-9-30(21-35(36)46)38(48)44-53(50,51)27(26)2/h9-13,20-21,26-28,32,37H,4-8,14-19,22-25H2,1-2H3,(H,44,48)/b34-12-/t26-,27+,32-,37+,40-/m0/s1. The SMILES string of the molecule is [C-]#[N+]CC1CCN(C(=O)[C@H]2/C(F)=C/C[C@H](C)[C@@H](C)S(=O)(=O)NC(=O)c3ccc4c(c3)N(C[C@@H]3CCCN32)C[C@@]2(CCCc3cc(Cl)ccc32)CO4)CC1. The first-order chi connectivity index (χ1) is 25.4. The summed E-state index contributed by atoms with van der Waals surface area (Å²) < 4.78 is 52.7. The van der Waals surface area contributed by atoms with E-state index in [9.17, 15) is 18.0 Å². The molecule has 1 N–H and O–H groups in total. The quantitative estimate of drug-likeness (QED) is 0.367. The molecule has 4 heterocycles. The average molecular weight is 766 g/mol. The van der Waals surface area contributed by atoms with Crippen molar-refractivity contribution in [3.63, 3.8) is 0 Å². The second-order valence-electron chi connectivity index (χ2n) is 15.8. The molecule has 5 atom stereocenters. The summed E-state index contributed by atoms with van der Waals surface area (Å²) in [6.45, 7) is 13.8. The largest absolute Gasteiger partial charge is 0.490 e. The molecule has 5 aliphatic rings. The number of ether oxygens (including phenoxy) is 1. The smallest absolute Gasteiger partial charge is 0.264 e. The Labute approximate surface area is 317 Å². The minimum Gasteiger partial charge on any atom is -0.490 e. The van der Waals surface area contributed by atoms with Gasteiger partial charge in [0, 0.05) is 54.1 Å². The molecule has 0 radical (unpaired) electrons. The van der Waals surface area contributed by atoms with E-state index in [1.807, 2.05) is 17.0 Å². The van der Waals surface area contributed by atoms with Crippen molar-refractivity contribution in [1.29, 1.82) is 0 Å². The fraction of sp³-hybridized carbons (Fsp3) is 0.575. The number of fused-ring (bicyclic) bond motifs is 4. The maximum absolute atomic E-state index is 16.8. The van der Waals surface area contributed by atoms with Crippen molar-refractivity contribution in [2.45, 2.75) is 88.0 Å². The summed E-state index contributed by atoms with van der Waals surface area (Å²) in [7, 11) is -4.14. The Bertz CT molecular complexity index is 1930. The van der Waals surface area contributed by atoms with E-state index >= 15 is 4.39 Å². The lowest BCUT2D eigenvalue weighted by Crippen LogP contribution is -2.55. The highest BCUT2D eigenvalue weighted by molar-refractivity contribution is 7.90. The van der Waals surface area contributed by atoms with Gasteiger partial charge in [-0.3, -0.25) is 14.5 Å². The van der Waals surface area contributed by atoms with E-state index in [1.54, 1.807) is 30.0 Å². The van der Waals surface area contributed by atoms with E-state index in [1.165, 1.54) is 24.1 Å². The summed E-state index contributed by atoms with van der Waals surface area (Å²) in [6.07, 6.45) is 7.11. The molecule has 13 heteroatoms. The molecule has 10 nitrogen and oxygen atoms in total. The number of anilines is 1. The molecule has 2 aromatic rings. The summed E-state index contributed by atoms with van der Waals surface area (Å²) in [5.41, 5.74) is 2.81. The van der Waals surface area contributed by atoms with Gasteiger partial charge in [-0.25, -0.2) is 24.1 Å². The van der Waals surface area contributed by atoms with E-state index in [2.05, 4.69) is 20.5 Å². The van der Waals surface area contributed by atoms with Gasteiger partial charge in [0.2, 0.25) is 22.5 Å². The third-order valence-electron chi connectivity index (χ3n) is 12.5. The lowest BCUT2D eigenvalue weighted by Gasteiger charge is -2.43. The molecule has 53 heavy (non-hydrogen) atoms. The minimum absolute atomic E-state index is 0.0751. The Morgan fingerprint density at radius 2 is 1.91 bits per heavy atom. The summed E-state index contributed by atoms with van der Waals surface area (Å²) in [5.74, 6) is -1.34. The third-order valence-corrected chi connectivity index (χ3v) is 14.6. The van der Waals surface area contributed by atoms with Crippen LogP contribution in [0.1, 0.15) is 80.3 Å². The molecule has 0 saturated carbocycles. The van der Waals surface area contributed by atoms with Crippen molar-refractivity contribution in [2.24, 2.45) is 11.8 Å². The predicted octanol–water partition coefficient (Wildman–Crippen LogP) is 6.15. The first-order valence-corrected chi connectivity index (χ1v) is 20.9. The number of aryl methyl sites for hydroxylation is 1. The maximum Gasteiger partial charge on any atom is 0.264 e. The van der Waals surface area contributed by atoms with E-state index in [0.29, 0.717) is 75.2 Å². The van der Waals surface area contributed by atoms with Crippen molar-refractivity contribution in [2.75, 3.05) is 50.8 Å². The Morgan fingerprint density at radius 3 is 2.68 bits per heavy atom. The van der Waals surface area contributed by atoms with Gasteiger partial charge in [0.1, 0.15) is 17.6 Å². The summed E-state index contributed by atoms with van der Waals surface area (Å²) >= 11 is 6.46. The van der Waals surface area contributed by atoms with E-state index in [4.69, 9.17) is 22.9 Å². The fourth-order valence-electron chi connectivity index (χ4n) is 9.15. The van der Waals surface area contributed by atoms with Gasteiger partial charge in [0.25, 0.3) is 5.91 Å². The molecule has 2 fully saturated rings. The van der Waals surface area contributed by atoms with Crippen LogP contribution in [0.2, 0.25) is 5.02 Å². The van der Waals surface area contributed by atoms with Gasteiger partial charge in [-0.1, -0.05) is 30.7 Å². The molecular weight excluding hydrogens is 717 g/mol. The lowest BCUT2D eigenvalue weighted by atomic mass is 9.70. The molecule has 284 valence electrons. The molecule has 2 saturated heterocycles. The minimum atomic E-state index is -4.14. The van der Waals surface area contributed by atoms with Crippen molar-refractivity contribution >= 4 is 39.1 Å². The van der Waals surface area contributed by atoms with Crippen molar-refractivity contribution < 1.29 is 27.1 Å². The van der Waals surface area contributed by atoms with Crippen LogP contribution in [0.25, 0.3) is 4.85 Å². The van der Waals surface area contributed by atoms with Gasteiger partial charge >= 0.3 is 0 Å². The zero-order valence-electron chi connectivity index (χ0n) is 30.5. The fourth-order valence-corrected chi connectivity index (χ4v) is 10.6. The molecule has 2 amide bonds. The first kappa shape index (κ1) is 37.6. The van der Waals surface area contributed by atoms with Crippen LogP contribution < -0.4 is 14.4 Å². The monoisotopic (exact) mass is 765 g/mol. The number of amides is 2. The van der Waals surface area contributed by atoms with Crippen LogP contribution in [-0.4, -0.2) is 93.2 Å². The van der Waals surface area contributed by atoms with Crippen LogP contribution in [0.5, 0.6) is 5.75 Å². The number of rotatable bonds is 2. The Morgan fingerprint density at radius 1 is 1.11 bits per heavy atom. The Balaban J connectivity index is 1.31. The number of likely N-dealkylation sites (tertiary alicyclic amines) is 1. The zero-order chi connectivity index (χ0) is 37.5. The predicted molar refractivity (Wildman–Crippen MR) is 203 cm³/mol. The number of nitrogens with zero attached hydrogens (tertiary/aromatic N) is 4. The number of sulfonamides is 1. The molecule has 1 aliphatic carbocycles. The van der Waals surface area contributed by atoms with Gasteiger partial charge in [-0.15, -0.1) is 0 Å². The topological polar surface area (TPSA) is 104 Å². The number of benzene rings is 2. The number of nitrogens with one attached hydrogen (secondary N) is 1. The normalized spacial score (nSPS) is 30.5. The van der Waals surface area contributed by atoms with Crippen molar-refractivity contribution in [3.8, 4) is 5.75 Å². The number of carbonyl (C=O) groups excluding carboxylic acids is 2. The number of piperidine rings is 1. The zero-order valence-corrected chi connectivity index (χ0v) is 32.1. The van der Waals surface area contributed by atoms with Crippen LogP contribution in [0, 0.1) is 18.4 Å². The molecule has 1 spiro atoms. The molecule has 0 aromatic heterocycles. The molecule has 2 bridgehead atoms. The molecule has 0 unspecified atom stereocenters. The second kappa shape index (κ2) is 15.2. The van der Waals surface area contributed by atoms with Crippen molar-refractivity contribution in [1.82, 2.24) is 14.5 Å². The third kappa shape index (κ3) is 7.54. The van der Waals surface area contributed by atoms with Crippen LogP contribution >= 0.6 is 11.6 Å². The van der Waals surface area contributed by atoms with Gasteiger partial charge < -0.3 is 19.4 Å². The number of carbonyl (C=O) groups is 2.